The van der Waals surface area contributed by atoms with Gasteiger partial charge in [0.05, 0.1) is 0 Å². The van der Waals surface area contributed by atoms with E-state index in [1.54, 1.807) is 0 Å². The zero-order valence-corrected chi connectivity index (χ0v) is 11.8. The van der Waals surface area contributed by atoms with Crippen LogP contribution in [0.15, 0.2) is 54.6 Å². The molecule has 2 aromatic rings. The Bertz CT molecular complexity index is 594. The van der Waals surface area contributed by atoms with Gasteiger partial charge in [-0.1, -0.05) is 54.1 Å². The van der Waals surface area contributed by atoms with E-state index < -0.39 is 0 Å². The van der Waals surface area contributed by atoms with Crippen molar-refractivity contribution in [2.45, 2.75) is 18.9 Å². The van der Waals surface area contributed by atoms with Crippen molar-refractivity contribution in [1.29, 1.82) is 0 Å². The van der Waals surface area contributed by atoms with E-state index in [-0.39, 0.29) is 11.8 Å². The standard InChI is InChI=1S/C17H16ClNO/c18-14-8-6-12(7-9-14)11-19-17(20)16-10-15(16)13-4-2-1-3-5-13/h1-9,15-16H,10-11H2,(H,19,20)/t15-,16+/m0/s1. The van der Waals surface area contributed by atoms with Gasteiger partial charge in [0, 0.05) is 17.5 Å². The molecule has 0 aliphatic heterocycles. The van der Waals surface area contributed by atoms with Crippen molar-refractivity contribution >= 4 is 17.5 Å². The number of rotatable bonds is 4. The molecule has 0 bridgehead atoms. The van der Waals surface area contributed by atoms with E-state index in [4.69, 9.17) is 11.6 Å². The van der Waals surface area contributed by atoms with Gasteiger partial charge < -0.3 is 5.32 Å². The third-order valence-electron chi connectivity index (χ3n) is 3.73. The summed E-state index contributed by atoms with van der Waals surface area (Å²) in [7, 11) is 0. The maximum absolute atomic E-state index is 12.1. The highest BCUT2D eigenvalue weighted by Gasteiger charge is 2.43. The first-order valence-electron chi connectivity index (χ1n) is 6.81. The lowest BCUT2D eigenvalue weighted by molar-refractivity contribution is -0.122. The van der Waals surface area contributed by atoms with E-state index in [0.717, 1.165) is 12.0 Å². The van der Waals surface area contributed by atoms with Crippen LogP contribution in [0.1, 0.15) is 23.5 Å². The summed E-state index contributed by atoms with van der Waals surface area (Å²) in [6, 6.07) is 17.8. The third kappa shape index (κ3) is 3.02. The van der Waals surface area contributed by atoms with Crippen molar-refractivity contribution in [2.75, 3.05) is 0 Å². The number of amides is 1. The predicted molar refractivity (Wildman–Crippen MR) is 80.6 cm³/mol. The summed E-state index contributed by atoms with van der Waals surface area (Å²) in [5.41, 5.74) is 2.33. The largest absolute Gasteiger partial charge is 0.352 e. The maximum Gasteiger partial charge on any atom is 0.224 e. The van der Waals surface area contributed by atoms with Gasteiger partial charge in [0.2, 0.25) is 5.91 Å². The first-order valence-corrected chi connectivity index (χ1v) is 7.19. The summed E-state index contributed by atoms with van der Waals surface area (Å²) in [4.78, 5) is 12.1. The van der Waals surface area contributed by atoms with Crippen LogP contribution in [0, 0.1) is 5.92 Å². The van der Waals surface area contributed by atoms with Crippen molar-refractivity contribution in [3.63, 3.8) is 0 Å². The number of carbonyl (C=O) groups excluding carboxylic acids is 1. The molecule has 2 nitrogen and oxygen atoms in total. The Morgan fingerprint density at radius 1 is 1.10 bits per heavy atom. The minimum Gasteiger partial charge on any atom is -0.352 e. The van der Waals surface area contributed by atoms with Crippen molar-refractivity contribution in [1.82, 2.24) is 5.32 Å². The van der Waals surface area contributed by atoms with Crippen LogP contribution in [-0.2, 0) is 11.3 Å². The average Bonchev–Trinajstić information content (AvgIpc) is 3.28. The summed E-state index contributed by atoms with van der Waals surface area (Å²) in [6.45, 7) is 0.564. The molecule has 3 rings (SSSR count). The van der Waals surface area contributed by atoms with Crippen molar-refractivity contribution < 1.29 is 4.79 Å². The quantitative estimate of drug-likeness (QED) is 0.910. The summed E-state index contributed by atoms with van der Waals surface area (Å²) < 4.78 is 0. The van der Waals surface area contributed by atoms with Gasteiger partial charge in [0.1, 0.15) is 0 Å². The Labute approximate surface area is 123 Å². The van der Waals surface area contributed by atoms with Crippen LogP contribution < -0.4 is 5.32 Å². The average molecular weight is 286 g/mol. The van der Waals surface area contributed by atoms with Crippen molar-refractivity contribution in [3.05, 3.63) is 70.7 Å². The highest BCUT2D eigenvalue weighted by Crippen LogP contribution is 2.47. The molecular formula is C17H16ClNO. The molecule has 0 radical (unpaired) electrons. The van der Waals surface area contributed by atoms with Crippen LogP contribution in [0.4, 0.5) is 0 Å². The molecule has 1 amide bonds. The van der Waals surface area contributed by atoms with Gasteiger partial charge in [0.15, 0.2) is 0 Å². The van der Waals surface area contributed by atoms with Crippen molar-refractivity contribution in [3.8, 4) is 0 Å². The van der Waals surface area contributed by atoms with E-state index in [0.29, 0.717) is 17.5 Å². The van der Waals surface area contributed by atoms with Gasteiger partial charge in [-0.05, 0) is 35.6 Å². The minimum absolute atomic E-state index is 0.129. The second kappa shape index (κ2) is 5.68. The highest BCUT2D eigenvalue weighted by molar-refractivity contribution is 6.30. The molecular weight excluding hydrogens is 270 g/mol. The molecule has 3 heteroatoms. The first kappa shape index (κ1) is 13.2. The van der Waals surface area contributed by atoms with Gasteiger partial charge >= 0.3 is 0 Å². The van der Waals surface area contributed by atoms with E-state index in [1.165, 1.54) is 5.56 Å². The lowest BCUT2D eigenvalue weighted by atomic mass is 10.1. The van der Waals surface area contributed by atoms with Gasteiger partial charge in [-0.15, -0.1) is 0 Å². The lowest BCUT2D eigenvalue weighted by Crippen LogP contribution is -2.24. The number of hydrogen-bond acceptors (Lipinski definition) is 1. The third-order valence-corrected chi connectivity index (χ3v) is 3.99. The van der Waals surface area contributed by atoms with Crippen LogP contribution in [0.25, 0.3) is 0 Å². The minimum atomic E-state index is 0.129. The molecule has 1 saturated carbocycles. The second-order valence-electron chi connectivity index (χ2n) is 5.20. The number of hydrogen-bond donors (Lipinski definition) is 1. The molecule has 2 aromatic carbocycles. The van der Waals surface area contributed by atoms with Crippen LogP contribution >= 0.6 is 11.6 Å². The predicted octanol–water partition coefficient (Wildman–Crippen LogP) is 3.76. The monoisotopic (exact) mass is 285 g/mol. The second-order valence-corrected chi connectivity index (χ2v) is 5.64. The first-order chi connectivity index (χ1) is 9.74. The molecule has 1 aliphatic carbocycles. The zero-order chi connectivity index (χ0) is 13.9. The van der Waals surface area contributed by atoms with E-state index in [2.05, 4.69) is 17.4 Å². The summed E-state index contributed by atoms with van der Waals surface area (Å²) in [6.07, 6.45) is 0.955. The Kier molecular flexibility index (Phi) is 3.75. The van der Waals surface area contributed by atoms with Crippen molar-refractivity contribution in [2.24, 2.45) is 5.92 Å². The van der Waals surface area contributed by atoms with Crippen LogP contribution in [0.3, 0.4) is 0 Å². The molecule has 1 fully saturated rings. The molecule has 0 spiro atoms. The topological polar surface area (TPSA) is 29.1 Å². The Morgan fingerprint density at radius 2 is 1.80 bits per heavy atom. The fourth-order valence-corrected chi connectivity index (χ4v) is 2.60. The van der Waals surface area contributed by atoms with E-state index in [1.807, 2.05) is 42.5 Å². The fraction of sp³-hybridized carbons (Fsp3) is 0.235. The Balaban J connectivity index is 1.53. The van der Waals surface area contributed by atoms with Gasteiger partial charge in [-0.25, -0.2) is 0 Å². The Hall–Kier alpha value is -1.80. The lowest BCUT2D eigenvalue weighted by Gasteiger charge is -2.05. The van der Waals surface area contributed by atoms with Crippen LogP contribution in [0.2, 0.25) is 5.02 Å². The number of nitrogens with one attached hydrogen (secondary N) is 1. The fourth-order valence-electron chi connectivity index (χ4n) is 2.48. The normalized spacial score (nSPS) is 20.4. The molecule has 2 atom stereocenters. The zero-order valence-electron chi connectivity index (χ0n) is 11.1. The van der Waals surface area contributed by atoms with E-state index in [9.17, 15) is 4.79 Å². The molecule has 1 aliphatic rings. The Morgan fingerprint density at radius 3 is 2.50 bits per heavy atom. The number of halogens is 1. The summed E-state index contributed by atoms with van der Waals surface area (Å²) >= 11 is 5.83. The highest BCUT2D eigenvalue weighted by atomic mass is 35.5. The van der Waals surface area contributed by atoms with Crippen LogP contribution in [0.5, 0.6) is 0 Å². The molecule has 0 aromatic heterocycles. The summed E-state index contributed by atoms with van der Waals surface area (Å²) in [5, 5.41) is 3.71. The van der Waals surface area contributed by atoms with Crippen LogP contribution in [-0.4, -0.2) is 5.91 Å². The number of benzene rings is 2. The SMILES string of the molecule is O=C(NCc1ccc(Cl)cc1)[C@@H]1C[C@H]1c1ccccc1. The molecule has 0 unspecified atom stereocenters. The molecule has 1 N–H and O–H groups in total. The molecule has 0 saturated heterocycles. The van der Waals surface area contributed by atoms with Gasteiger partial charge in [0.25, 0.3) is 0 Å². The molecule has 0 heterocycles. The summed E-state index contributed by atoms with van der Waals surface area (Å²) in [5.74, 6) is 0.667. The number of carbonyl (C=O) groups is 1. The molecule has 20 heavy (non-hydrogen) atoms. The smallest absolute Gasteiger partial charge is 0.224 e. The molecule has 102 valence electrons. The van der Waals surface area contributed by atoms with E-state index >= 15 is 0 Å². The van der Waals surface area contributed by atoms with Gasteiger partial charge in [-0.3, -0.25) is 4.79 Å². The van der Waals surface area contributed by atoms with Gasteiger partial charge in [-0.2, -0.15) is 0 Å². The maximum atomic E-state index is 12.1.